The van der Waals surface area contributed by atoms with E-state index in [0.717, 1.165) is 23.4 Å². The second-order valence-electron chi connectivity index (χ2n) is 8.07. The van der Waals surface area contributed by atoms with E-state index >= 15 is 0 Å². The molecule has 0 bridgehead atoms. The summed E-state index contributed by atoms with van der Waals surface area (Å²) >= 11 is 0. The van der Waals surface area contributed by atoms with Gasteiger partial charge in [-0.3, -0.25) is 4.90 Å². The Bertz CT molecular complexity index is 930. The third-order valence-electron chi connectivity index (χ3n) is 6.17. The SMILES string of the molecule is C[C@H](c1ccccc1)N1CC[C@@](O)(c2ccc(OCc3ccccc3)cc2)[C@H](O)C1. The molecule has 1 saturated heterocycles. The van der Waals surface area contributed by atoms with Crippen molar-refractivity contribution in [1.82, 2.24) is 4.90 Å². The van der Waals surface area contributed by atoms with E-state index in [1.54, 1.807) is 0 Å². The quantitative estimate of drug-likeness (QED) is 0.645. The molecule has 4 rings (SSSR count). The lowest BCUT2D eigenvalue weighted by Gasteiger charge is -2.44. The van der Waals surface area contributed by atoms with Gasteiger partial charge in [0.1, 0.15) is 18.0 Å². The second kappa shape index (κ2) is 9.00. The summed E-state index contributed by atoms with van der Waals surface area (Å²) in [5.74, 6) is 0.746. The summed E-state index contributed by atoms with van der Waals surface area (Å²) in [6.45, 7) is 3.79. The third kappa shape index (κ3) is 4.41. The van der Waals surface area contributed by atoms with Gasteiger partial charge in [0.2, 0.25) is 0 Å². The smallest absolute Gasteiger partial charge is 0.119 e. The molecule has 1 aliphatic rings. The molecule has 3 atom stereocenters. The van der Waals surface area contributed by atoms with Crippen LogP contribution in [0.1, 0.15) is 36.1 Å². The Morgan fingerprint density at radius 2 is 1.60 bits per heavy atom. The van der Waals surface area contributed by atoms with Gasteiger partial charge in [0.25, 0.3) is 0 Å². The molecule has 0 spiro atoms. The van der Waals surface area contributed by atoms with Crippen molar-refractivity contribution in [3.05, 3.63) is 102 Å². The molecule has 0 unspecified atom stereocenters. The van der Waals surface area contributed by atoms with E-state index in [9.17, 15) is 10.2 Å². The van der Waals surface area contributed by atoms with Crippen LogP contribution in [0.25, 0.3) is 0 Å². The summed E-state index contributed by atoms with van der Waals surface area (Å²) in [6, 6.07) is 27.9. The lowest BCUT2D eigenvalue weighted by atomic mass is 9.81. The Morgan fingerprint density at radius 3 is 2.23 bits per heavy atom. The van der Waals surface area contributed by atoms with E-state index in [4.69, 9.17) is 4.74 Å². The van der Waals surface area contributed by atoms with Crippen LogP contribution >= 0.6 is 0 Å². The van der Waals surface area contributed by atoms with Gasteiger partial charge in [-0.25, -0.2) is 0 Å². The number of aliphatic hydroxyl groups is 2. The summed E-state index contributed by atoms with van der Waals surface area (Å²) < 4.78 is 5.84. The zero-order valence-electron chi connectivity index (χ0n) is 17.3. The van der Waals surface area contributed by atoms with Crippen molar-refractivity contribution < 1.29 is 14.9 Å². The van der Waals surface area contributed by atoms with E-state index in [1.807, 2.05) is 72.8 Å². The van der Waals surface area contributed by atoms with Gasteiger partial charge in [-0.1, -0.05) is 72.8 Å². The Balaban J connectivity index is 1.40. The maximum atomic E-state index is 11.3. The highest BCUT2D eigenvalue weighted by molar-refractivity contribution is 5.33. The summed E-state index contributed by atoms with van der Waals surface area (Å²) in [5, 5.41) is 22.1. The number of benzene rings is 3. The molecule has 0 amide bonds. The molecule has 0 saturated carbocycles. The Morgan fingerprint density at radius 1 is 0.967 bits per heavy atom. The van der Waals surface area contributed by atoms with Gasteiger partial charge < -0.3 is 14.9 Å². The number of likely N-dealkylation sites (tertiary alicyclic amines) is 1. The molecule has 2 N–H and O–H groups in total. The van der Waals surface area contributed by atoms with E-state index in [2.05, 4.69) is 24.0 Å². The first-order valence-electron chi connectivity index (χ1n) is 10.5. The van der Waals surface area contributed by atoms with E-state index in [1.165, 1.54) is 5.56 Å². The van der Waals surface area contributed by atoms with Crippen LogP contribution in [0.2, 0.25) is 0 Å². The Kier molecular flexibility index (Phi) is 6.18. The average Bonchev–Trinajstić information content (AvgIpc) is 2.80. The van der Waals surface area contributed by atoms with Crippen LogP contribution in [0.3, 0.4) is 0 Å². The molecule has 1 heterocycles. The number of piperidine rings is 1. The zero-order chi connectivity index (χ0) is 21.0. The predicted octanol–water partition coefficient (Wildman–Crippen LogP) is 4.28. The molecule has 0 aromatic heterocycles. The van der Waals surface area contributed by atoms with Crippen LogP contribution in [0.4, 0.5) is 0 Å². The topological polar surface area (TPSA) is 52.9 Å². The number of rotatable bonds is 6. The number of hydrogen-bond acceptors (Lipinski definition) is 4. The van der Waals surface area contributed by atoms with Gasteiger partial charge in [0.15, 0.2) is 0 Å². The molecule has 0 aliphatic carbocycles. The van der Waals surface area contributed by atoms with Crippen LogP contribution in [0.15, 0.2) is 84.9 Å². The molecular formula is C26H29NO3. The van der Waals surface area contributed by atoms with Crippen molar-refractivity contribution in [1.29, 1.82) is 0 Å². The molecule has 1 fully saturated rings. The van der Waals surface area contributed by atoms with Crippen LogP contribution < -0.4 is 4.74 Å². The molecule has 30 heavy (non-hydrogen) atoms. The predicted molar refractivity (Wildman–Crippen MR) is 118 cm³/mol. The minimum Gasteiger partial charge on any atom is -0.489 e. The fourth-order valence-corrected chi connectivity index (χ4v) is 4.16. The maximum Gasteiger partial charge on any atom is 0.119 e. The Hall–Kier alpha value is -2.66. The van der Waals surface area contributed by atoms with Crippen molar-refractivity contribution in [2.75, 3.05) is 13.1 Å². The van der Waals surface area contributed by atoms with E-state index < -0.39 is 11.7 Å². The van der Waals surface area contributed by atoms with Gasteiger partial charge in [-0.2, -0.15) is 0 Å². The number of ether oxygens (including phenoxy) is 1. The first kappa shape index (κ1) is 20.6. The summed E-state index contributed by atoms with van der Waals surface area (Å²) in [7, 11) is 0. The van der Waals surface area contributed by atoms with Gasteiger partial charge in [0.05, 0.1) is 6.10 Å². The normalized spacial score (nSPS) is 23.1. The third-order valence-corrected chi connectivity index (χ3v) is 6.17. The number of hydrogen-bond donors (Lipinski definition) is 2. The van der Waals surface area contributed by atoms with Crippen LogP contribution in [-0.4, -0.2) is 34.3 Å². The highest BCUT2D eigenvalue weighted by Crippen LogP contribution is 2.36. The first-order chi connectivity index (χ1) is 14.6. The average molecular weight is 404 g/mol. The molecular weight excluding hydrogens is 374 g/mol. The van der Waals surface area contributed by atoms with Crippen molar-refractivity contribution in [3.63, 3.8) is 0 Å². The van der Waals surface area contributed by atoms with Crippen molar-refractivity contribution in [2.45, 2.75) is 37.7 Å². The molecule has 3 aromatic carbocycles. The zero-order valence-corrected chi connectivity index (χ0v) is 17.3. The minimum absolute atomic E-state index is 0.194. The van der Waals surface area contributed by atoms with Crippen LogP contribution in [0.5, 0.6) is 5.75 Å². The van der Waals surface area contributed by atoms with Gasteiger partial charge >= 0.3 is 0 Å². The highest BCUT2D eigenvalue weighted by Gasteiger charge is 2.43. The van der Waals surface area contributed by atoms with Crippen molar-refractivity contribution in [3.8, 4) is 5.75 Å². The first-order valence-corrected chi connectivity index (χ1v) is 10.5. The fraction of sp³-hybridized carbons (Fsp3) is 0.308. The Labute approximate surface area is 178 Å². The lowest BCUT2D eigenvalue weighted by molar-refractivity contribution is -0.130. The molecule has 0 radical (unpaired) electrons. The largest absolute Gasteiger partial charge is 0.489 e. The molecule has 1 aliphatic heterocycles. The minimum atomic E-state index is -1.25. The van der Waals surface area contributed by atoms with E-state index in [0.29, 0.717) is 19.6 Å². The second-order valence-corrected chi connectivity index (χ2v) is 8.07. The van der Waals surface area contributed by atoms with Crippen LogP contribution in [-0.2, 0) is 12.2 Å². The summed E-state index contributed by atoms with van der Waals surface area (Å²) in [4.78, 5) is 2.23. The monoisotopic (exact) mass is 403 g/mol. The molecule has 156 valence electrons. The summed E-state index contributed by atoms with van der Waals surface area (Å²) in [5.41, 5.74) is 1.81. The van der Waals surface area contributed by atoms with Crippen molar-refractivity contribution >= 4 is 0 Å². The maximum absolute atomic E-state index is 11.3. The number of aliphatic hydroxyl groups excluding tert-OH is 1. The number of β-amino-alcohol motifs (C(OH)–C–C–N with tert-alkyl or cyclic N) is 1. The lowest BCUT2D eigenvalue weighted by Crippen LogP contribution is -2.53. The fourth-order valence-electron chi connectivity index (χ4n) is 4.16. The van der Waals surface area contributed by atoms with Crippen LogP contribution in [0, 0.1) is 0 Å². The van der Waals surface area contributed by atoms with E-state index in [-0.39, 0.29) is 6.04 Å². The summed E-state index contributed by atoms with van der Waals surface area (Å²) in [6.07, 6.45) is -0.372. The number of nitrogens with zero attached hydrogens (tertiary/aromatic N) is 1. The molecule has 4 heteroatoms. The standard InChI is InChI=1S/C26H29NO3/c1-20(22-10-6-3-7-11-22)27-17-16-26(29,25(28)18-27)23-12-14-24(15-13-23)30-19-21-8-4-2-5-9-21/h2-15,20,25,28-29H,16-19H2,1H3/t20-,25-,26-/m1/s1. The molecule has 4 nitrogen and oxygen atoms in total. The molecule has 3 aromatic rings. The van der Waals surface area contributed by atoms with Gasteiger partial charge in [0, 0.05) is 19.1 Å². The van der Waals surface area contributed by atoms with Crippen molar-refractivity contribution in [2.24, 2.45) is 0 Å². The highest BCUT2D eigenvalue weighted by atomic mass is 16.5. The van der Waals surface area contributed by atoms with Gasteiger partial charge in [-0.15, -0.1) is 0 Å². The van der Waals surface area contributed by atoms with Gasteiger partial charge in [-0.05, 0) is 42.2 Å².